The van der Waals surface area contributed by atoms with Gasteiger partial charge >= 0.3 is 11.9 Å². The highest BCUT2D eigenvalue weighted by atomic mass is 16.6. The second-order valence-electron chi connectivity index (χ2n) is 4.37. The third-order valence-corrected chi connectivity index (χ3v) is 2.62. The third-order valence-electron chi connectivity index (χ3n) is 2.62. The van der Waals surface area contributed by atoms with Crippen LogP contribution in [0.25, 0.3) is 0 Å². The number of esters is 2. The summed E-state index contributed by atoms with van der Waals surface area (Å²) in [6.07, 6.45) is 2.44. The van der Waals surface area contributed by atoms with E-state index in [1.807, 2.05) is 6.92 Å². The van der Waals surface area contributed by atoms with Gasteiger partial charge in [0.15, 0.2) is 0 Å². The highest BCUT2D eigenvalue weighted by Gasteiger charge is 2.43. The van der Waals surface area contributed by atoms with Gasteiger partial charge in [-0.05, 0) is 18.8 Å². The summed E-state index contributed by atoms with van der Waals surface area (Å²) in [6, 6.07) is 0. The van der Waals surface area contributed by atoms with Crippen LogP contribution in [-0.4, -0.2) is 11.9 Å². The summed E-state index contributed by atoms with van der Waals surface area (Å²) < 4.78 is 4.66. The van der Waals surface area contributed by atoms with Crippen molar-refractivity contribution in [2.24, 2.45) is 17.8 Å². The molecule has 1 saturated heterocycles. The zero-order chi connectivity index (χ0) is 10.7. The van der Waals surface area contributed by atoms with Crippen LogP contribution < -0.4 is 0 Å². The van der Waals surface area contributed by atoms with Gasteiger partial charge in [-0.15, -0.1) is 0 Å². The number of hydrogen-bond acceptors (Lipinski definition) is 3. The van der Waals surface area contributed by atoms with Crippen molar-refractivity contribution in [2.45, 2.75) is 40.0 Å². The lowest BCUT2D eigenvalue weighted by Crippen LogP contribution is -2.19. The molecule has 2 unspecified atom stereocenters. The standard InChI is InChI=1S/C11H18O3/c1-4-5-8-9(6-7(2)3)11(13)14-10(8)12/h7-9H,4-6H2,1-3H3. The van der Waals surface area contributed by atoms with Gasteiger partial charge in [0.2, 0.25) is 0 Å². The smallest absolute Gasteiger partial charge is 0.317 e. The minimum absolute atomic E-state index is 0.185. The molecule has 0 aromatic carbocycles. The highest BCUT2D eigenvalue weighted by Crippen LogP contribution is 2.32. The summed E-state index contributed by atoms with van der Waals surface area (Å²) in [6.45, 7) is 6.13. The average molecular weight is 198 g/mol. The van der Waals surface area contributed by atoms with Crippen molar-refractivity contribution in [1.82, 2.24) is 0 Å². The van der Waals surface area contributed by atoms with Crippen molar-refractivity contribution in [2.75, 3.05) is 0 Å². The molecule has 0 N–H and O–H groups in total. The van der Waals surface area contributed by atoms with E-state index in [2.05, 4.69) is 18.6 Å². The van der Waals surface area contributed by atoms with Crippen LogP contribution in [0.1, 0.15) is 40.0 Å². The molecule has 0 radical (unpaired) electrons. The molecule has 1 fully saturated rings. The lowest BCUT2D eigenvalue weighted by Gasteiger charge is -2.14. The molecule has 0 spiro atoms. The quantitative estimate of drug-likeness (QED) is 0.513. The van der Waals surface area contributed by atoms with Crippen LogP contribution in [0.15, 0.2) is 0 Å². The van der Waals surface area contributed by atoms with Crippen molar-refractivity contribution >= 4 is 11.9 Å². The Kier molecular flexibility index (Phi) is 3.67. The molecule has 0 aliphatic carbocycles. The first-order chi connectivity index (χ1) is 6.56. The van der Waals surface area contributed by atoms with Crippen LogP contribution >= 0.6 is 0 Å². The number of cyclic esters (lactones) is 2. The second kappa shape index (κ2) is 4.58. The van der Waals surface area contributed by atoms with Crippen LogP contribution in [0.5, 0.6) is 0 Å². The summed E-state index contributed by atoms with van der Waals surface area (Å²) in [7, 11) is 0. The van der Waals surface area contributed by atoms with Gasteiger partial charge in [0.25, 0.3) is 0 Å². The van der Waals surface area contributed by atoms with E-state index in [0.717, 1.165) is 19.3 Å². The first-order valence-electron chi connectivity index (χ1n) is 5.31. The first kappa shape index (κ1) is 11.2. The lowest BCUT2D eigenvalue weighted by molar-refractivity contribution is -0.154. The number of carbonyl (C=O) groups is 2. The number of rotatable bonds is 4. The Bertz CT molecular complexity index is 233. The Morgan fingerprint density at radius 1 is 1.21 bits per heavy atom. The van der Waals surface area contributed by atoms with E-state index >= 15 is 0 Å². The fourth-order valence-electron chi connectivity index (χ4n) is 1.98. The van der Waals surface area contributed by atoms with E-state index in [9.17, 15) is 9.59 Å². The minimum atomic E-state index is -0.317. The Labute approximate surface area is 84.8 Å². The summed E-state index contributed by atoms with van der Waals surface area (Å²) in [5, 5.41) is 0. The molecule has 1 aliphatic heterocycles. The van der Waals surface area contributed by atoms with E-state index < -0.39 is 0 Å². The number of carbonyl (C=O) groups excluding carboxylic acids is 2. The minimum Gasteiger partial charge on any atom is -0.393 e. The molecule has 2 atom stereocenters. The third kappa shape index (κ3) is 2.34. The Morgan fingerprint density at radius 3 is 2.29 bits per heavy atom. The van der Waals surface area contributed by atoms with Crippen molar-refractivity contribution in [1.29, 1.82) is 0 Å². The van der Waals surface area contributed by atoms with E-state index in [4.69, 9.17) is 0 Å². The largest absolute Gasteiger partial charge is 0.393 e. The van der Waals surface area contributed by atoms with Gasteiger partial charge in [-0.2, -0.15) is 0 Å². The molecule has 0 bridgehead atoms. The summed E-state index contributed by atoms with van der Waals surface area (Å²) in [5.74, 6) is -0.584. The number of hydrogen-bond donors (Lipinski definition) is 0. The normalized spacial score (nSPS) is 27.1. The molecule has 3 heteroatoms. The monoisotopic (exact) mass is 198 g/mol. The zero-order valence-electron chi connectivity index (χ0n) is 9.08. The molecule has 80 valence electrons. The molecule has 3 nitrogen and oxygen atoms in total. The van der Waals surface area contributed by atoms with E-state index in [0.29, 0.717) is 5.92 Å². The molecule has 0 saturated carbocycles. The van der Waals surface area contributed by atoms with Gasteiger partial charge in [-0.3, -0.25) is 9.59 Å². The molecule has 1 heterocycles. The fourth-order valence-corrected chi connectivity index (χ4v) is 1.98. The van der Waals surface area contributed by atoms with Gasteiger partial charge < -0.3 is 4.74 Å². The van der Waals surface area contributed by atoms with Crippen molar-refractivity contribution < 1.29 is 14.3 Å². The van der Waals surface area contributed by atoms with Gasteiger partial charge in [0, 0.05) is 0 Å². The summed E-state index contributed by atoms with van der Waals surface area (Å²) in [4.78, 5) is 22.7. The van der Waals surface area contributed by atoms with Crippen molar-refractivity contribution in [3.05, 3.63) is 0 Å². The van der Waals surface area contributed by atoms with Crippen LogP contribution in [0.3, 0.4) is 0 Å². The maximum Gasteiger partial charge on any atom is 0.317 e. The van der Waals surface area contributed by atoms with Crippen LogP contribution in [0, 0.1) is 17.8 Å². The van der Waals surface area contributed by atoms with E-state index in [1.54, 1.807) is 0 Å². The average Bonchev–Trinajstić information content (AvgIpc) is 2.31. The molecule has 14 heavy (non-hydrogen) atoms. The molecule has 1 rings (SSSR count). The fraction of sp³-hybridized carbons (Fsp3) is 0.818. The maximum absolute atomic E-state index is 11.4. The molecular weight excluding hydrogens is 180 g/mol. The summed E-state index contributed by atoms with van der Waals surface area (Å²) in [5.41, 5.74) is 0. The van der Waals surface area contributed by atoms with E-state index in [1.165, 1.54) is 0 Å². The Morgan fingerprint density at radius 2 is 1.79 bits per heavy atom. The first-order valence-corrected chi connectivity index (χ1v) is 5.31. The highest BCUT2D eigenvalue weighted by molar-refractivity contribution is 5.96. The summed E-state index contributed by atoms with van der Waals surface area (Å²) >= 11 is 0. The topological polar surface area (TPSA) is 43.4 Å². The zero-order valence-corrected chi connectivity index (χ0v) is 9.08. The molecule has 0 aromatic heterocycles. The molecule has 0 amide bonds. The second-order valence-corrected chi connectivity index (χ2v) is 4.37. The van der Waals surface area contributed by atoms with E-state index in [-0.39, 0.29) is 23.8 Å². The molecule has 1 aliphatic rings. The molecule has 0 aromatic rings. The maximum atomic E-state index is 11.4. The van der Waals surface area contributed by atoms with Crippen molar-refractivity contribution in [3.63, 3.8) is 0 Å². The predicted molar refractivity (Wildman–Crippen MR) is 52.4 cm³/mol. The van der Waals surface area contributed by atoms with Gasteiger partial charge in [0.05, 0.1) is 11.8 Å². The van der Waals surface area contributed by atoms with Gasteiger partial charge in [0.1, 0.15) is 0 Å². The lowest BCUT2D eigenvalue weighted by atomic mass is 9.85. The van der Waals surface area contributed by atoms with Gasteiger partial charge in [-0.1, -0.05) is 27.2 Å². The van der Waals surface area contributed by atoms with Crippen LogP contribution in [-0.2, 0) is 14.3 Å². The Hall–Kier alpha value is -0.860. The molecular formula is C11H18O3. The van der Waals surface area contributed by atoms with Crippen LogP contribution in [0.4, 0.5) is 0 Å². The SMILES string of the molecule is CCCC1C(=O)OC(=O)C1CC(C)C. The predicted octanol–water partition coefficient (Wildman–Crippen LogP) is 2.15. The van der Waals surface area contributed by atoms with Crippen LogP contribution in [0.2, 0.25) is 0 Å². The van der Waals surface area contributed by atoms with Crippen molar-refractivity contribution in [3.8, 4) is 0 Å². The number of ether oxygens (including phenoxy) is 1. The Balaban J connectivity index is 2.67. The van der Waals surface area contributed by atoms with Gasteiger partial charge in [-0.25, -0.2) is 0 Å².